The van der Waals surface area contributed by atoms with Crippen molar-refractivity contribution in [3.63, 3.8) is 0 Å². The quantitative estimate of drug-likeness (QED) is 0.634. The highest BCUT2D eigenvalue weighted by atomic mass is 16.3. The van der Waals surface area contributed by atoms with E-state index in [0.717, 1.165) is 6.29 Å². The van der Waals surface area contributed by atoms with Gasteiger partial charge in [-0.3, -0.25) is 0 Å². The zero-order valence-corrected chi connectivity index (χ0v) is 7.79. The molecule has 66 valence electrons. The van der Waals surface area contributed by atoms with E-state index in [4.69, 9.17) is 0 Å². The van der Waals surface area contributed by atoms with Gasteiger partial charge in [-0.25, -0.2) is 0 Å². The number of aliphatic hydroxyl groups excluding tert-OH is 1. The maximum atomic E-state index is 10.5. The summed E-state index contributed by atoms with van der Waals surface area (Å²) in [5.74, 6) is -0.213. The van der Waals surface area contributed by atoms with Gasteiger partial charge in [0, 0.05) is 5.92 Å². The van der Waals surface area contributed by atoms with Gasteiger partial charge in [0.05, 0.1) is 6.10 Å². The monoisotopic (exact) mass is 158 g/mol. The van der Waals surface area contributed by atoms with Crippen molar-refractivity contribution >= 4 is 6.29 Å². The number of rotatable bonds is 3. The summed E-state index contributed by atoms with van der Waals surface area (Å²) < 4.78 is 0. The summed E-state index contributed by atoms with van der Waals surface area (Å²) in [6.07, 6.45) is 1.03. The van der Waals surface area contributed by atoms with Gasteiger partial charge in [-0.15, -0.1) is 0 Å². The molecule has 0 saturated carbocycles. The summed E-state index contributed by atoms with van der Waals surface area (Å²) in [6.45, 7) is 7.71. The van der Waals surface area contributed by atoms with Crippen LogP contribution in [0.1, 0.15) is 34.1 Å². The lowest BCUT2D eigenvalue weighted by atomic mass is 9.81. The Balaban J connectivity index is 4.20. The summed E-state index contributed by atoms with van der Waals surface area (Å²) in [5, 5.41) is 9.61. The second-order valence-corrected chi connectivity index (χ2v) is 4.02. The van der Waals surface area contributed by atoms with Gasteiger partial charge in [-0.2, -0.15) is 0 Å². The Morgan fingerprint density at radius 3 is 2.00 bits per heavy atom. The van der Waals surface area contributed by atoms with E-state index < -0.39 is 6.10 Å². The largest absolute Gasteiger partial charge is 0.392 e. The molecule has 0 radical (unpaired) electrons. The van der Waals surface area contributed by atoms with Crippen LogP contribution < -0.4 is 0 Å². The molecule has 0 saturated heterocycles. The minimum absolute atomic E-state index is 0.193. The van der Waals surface area contributed by atoms with Crippen molar-refractivity contribution in [3.8, 4) is 0 Å². The van der Waals surface area contributed by atoms with E-state index in [0.29, 0.717) is 6.42 Å². The molecule has 0 aliphatic rings. The lowest BCUT2D eigenvalue weighted by Gasteiger charge is -2.29. The fourth-order valence-electron chi connectivity index (χ4n) is 1.04. The van der Waals surface area contributed by atoms with E-state index in [1.165, 1.54) is 0 Å². The van der Waals surface area contributed by atoms with Crippen LogP contribution in [0.25, 0.3) is 0 Å². The maximum absolute atomic E-state index is 10.5. The van der Waals surface area contributed by atoms with Crippen molar-refractivity contribution in [2.45, 2.75) is 40.2 Å². The van der Waals surface area contributed by atoms with Crippen molar-refractivity contribution in [1.82, 2.24) is 0 Å². The highest BCUT2D eigenvalue weighted by Gasteiger charge is 2.28. The minimum atomic E-state index is -0.523. The van der Waals surface area contributed by atoms with Gasteiger partial charge in [0.2, 0.25) is 0 Å². The number of aliphatic hydroxyl groups is 1. The van der Waals surface area contributed by atoms with Crippen LogP contribution in [0.2, 0.25) is 0 Å². The second-order valence-electron chi connectivity index (χ2n) is 4.02. The molecule has 2 atom stereocenters. The molecule has 2 unspecified atom stereocenters. The summed E-state index contributed by atoms with van der Waals surface area (Å²) in [5.41, 5.74) is -0.193. The molecule has 0 aliphatic carbocycles. The first-order valence-corrected chi connectivity index (χ1v) is 4.06. The normalized spacial score (nSPS) is 17.5. The third-order valence-electron chi connectivity index (χ3n) is 1.94. The number of aldehydes is 1. The summed E-state index contributed by atoms with van der Waals surface area (Å²) in [7, 11) is 0. The fraction of sp³-hybridized carbons (Fsp3) is 0.889. The fourth-order valence-corrected chi connectivity index (χ4v) is 1.04. The van der Waals surface area contributed by atoms with Crippen LogP contribution in [-0.4, -0.2) is 17.5 Å². The standard InChI is InChI=1S/C9H18O2/c1-5-7(6-10)8(11)9(2,3)4/h6-8,11H,5H2,1-4H3. The van der Waals surface area contributed by atoms with Crippen molar-refractivity contribution in [1.29, 1.82) is 0 Å². The number of hydrogen-bond acceptors (Lipinski definition) is 2. The highest BCUT2D eigenvalue weighted by molar-refractivity contribution is 5.54. The van der Waals surface area contributed by atoms with Crippen LogP contribution in [0.3, 0.4) is 0 Å². The molecular formula is C9H18O2. The van der Waals surface area contributed by atoms with Crippen molar-refractivity contribution in [3.05, 3.63) is 0 Å². The molecule has 11 heavy (non-hydrogen) atoms. The Bertz CT molecular complexity index is 124. The number of carbonyl (C=O) groups is 1. The summed E-state index contributed by atoms with van der Waals surface area (Å²) >= 11 is 0. The first kappa shape index (κ1) is 10.6. The van der Waals surface area contributed by atoms with E-state index in [9.17, 15) is 9.90 Å². The van der Waals surface area contributed by atoms with Gasteiger partial charge in [0.1, 0.15) is 6.29 Å². The molecule has 0 aromatic heterocycles. The van der Waals surface area contributed by atoms with E-state index in [-0.39, 0.29) is 11.3 Å². The lowest BCUT2D eigenvalue weighted by Crippen LogP contribution is -2.34. The topological polar surface area (TPSA) is 37.3 Å². The predicted molar refractivity (Wildman–Crippen MR) is 45.3 cm³/mol. The van der Waals surface area contributed by atoms with Crippen LogP contribution in [0.4, 0.5) is 0 Å². The average molecular weight is 158 g/mol. The first-order chi connectivity index (χ1) is 4.93. The Morgan fingerprint density at radius 2 is 1.91 bits per heavy atom. The molecule has 0 rings (SSSR count). The van der Waals surface area contributed by atoms with Crippen molar-refractivity contribution < 1.29 is 9.90 Å². The number of hydrogen-bond donors (Lipinski definition) is 1. The Labute approximate surface area is 68.6 Å². The van der Waals surface area contributed by atoms with Gasteiger partial charge < -0.3 is 9.90 Å². The van der Waals surface area contributed by atoms with E-state index in [1.807, 2.05) is 27.7 Å². The molecular weight excluding hydrogens is 140 g/mol. The summed E-state index contributed by atoms with van der Waals surface area (Å²) in [6, 6.07) is 0. The van der Waals surface area contributed by atoms with E-state index in [1.54, 1.807) is 0 Å². The second kappa shape index (κ2) is 3.86. The van der Waals surface area contributed by atoms with Crippen LogP contribution >= 0.6 is 0 Å². The molecule has 0 aromatic rings. The van der Waals surface area contributed by atoms with Crippen molar-refractivity contribution in [2.24, 2.45) is 11.3 Å². The third-order valence-corrected chi connectivity index (χ3v) is 1.94. The van der Waals surface area contributed by atoms with Crippen LogP contribution in [0.15, 0.2) is 0 Å². The first-order valence-electron chi connectivity index (χ1n) is 4.06. The van der Waals surface area contributed by atoms with Crippen LogP contribution in [0, 0.1) is 11.3 Å². The SMILES string of the molecule is CCC(C=O)C(O)C(C)(C)C. The molecule has 0 aromatic carbocycles. The Hall–Kier alpha value is -0.370. The van der Waals surface area contributed by atoms with Gasteiger partial charge >= 0.3 is 0 Å². The van der Waals surface area contributed by atoms with Gasteiger partial charge in [0.25, 0.3) is 0 Å². The smallest absolute Gasteiger partial charge is 0.125 e. The molecule has 0 bridgehead atoms. The average Bonchev–Trinajstić information content (AvgIpc) is 1.88. The molecule has 0 amide bonds. The Kier molecular flexibility index (Phi) is 3.73. The van der Waals surface area contributed by atoms with E-state index in [2.05, 4.69) is 0 Å². The molecule has 0 fully saturated rings. The highest BCUT2D eigenvalue weighted by Crippen LogP contribution is 2.25. The van der Waals surface area contributed by atoms with Gasteiger partial charge in [-0.1, -0.05) is 27.7 Å². The zero-order chi connectivity index (χ0) is 9.07. The van der Waals surface area contributed by atoms with Gasteiger partial charge in [-0.05, 0) is 11.8 Å². The third kappa shape index (κ3) is 3.02. The molecule has 0 heterocycles. The summed E-state index contributed by atoms with van der Waals surface area (Å²) in [4.78, 5) is 10.5. The van der Waals surface area contributed by atoms with Gasteiger partial charge in [0.15, 0.2) is 0 Å². The lowest BCUT2D eigenvalue weighted by molar-refractivity contribution is -0.117. The Morgan fingerprint density at radius 1 is 1.45 bits per heavy atom. The molecule has 2 heteroatoms. The van der Waals surface area contributed by atoms with Crippen LogP contribution in [0.5, 0.6) is 0 Å². The molecule has 1 N–H and O–H groups in total. The van der Waals surface area contributed by atoms with E-state index >= 15 is 0 Å². The number of carbonyl (C=O) groups excluding carboxylic acids is 1. The predicted octanol–water partition coefficient (Wildman–Crippen LogP) is 1.62. The maximum Gasteiger partial charge on any atom is 0.125 e. The molecule has 0 spiro atoms. The van der Waals surface area contributed by atoms with Crippen molar-refractivity contribution in [2.75, 3.05) is 0 Å². The molecule has 2 nitrogen and oxygen atoms in total. The zero-order valence-electron chi connectivity index (χ0n) is 7.79. The molecule has 0 aliphatic heterocycles. The van der Waals surface area contributed by atoms with Crippen LogP contribution in [-0.2, 0) is 4.79 Å². The minimum Gasteiger partial charge on any atom is -0.392 e.